The van der Waals surface area contributed by atoms with Crippen LogP contribution in [0.25, 0.3) is 0 Å². The van der Waals surface area contributed by atoms with Crippen LogP contribution in [0.3, 0.4) is 0 Å². The van der Waals surface area contributed by atoms with Crippen LogP contribution < -0.4 is 0 Å². The first kappa shape index (κ1) is 21.8. The molecule has 4 heteroatoms. The van der Waals surface area contributed by atoms with Crippen molar-refractivity contribution >= 4 is 0 Å². The van der Waals surface area contributed by atoms with E-state index in [9.17, 15) is 15.4 Å². The van der Waals surface area contributed by atoms with Gasteiger partial charge in [-0.3, -0.25) is 0 Å². The lowest BCUT2D eigenvalue weighted by atomic mass is 10.1. The minimum absolute atomic E-state index is 0.237. The number of aliphatic hydroxyl groups excluding tert-OH is 2. The highest BCUT2D eigenvalue weighted by Crippen LogP contribution is 2.10. The van der Waals surface area contributed by atoms with Gasteiger partial charge >= 0.3 is 0 Å². The number of hydrogen-bond acceptors (Lipinski definition) is 4. The molecule has 0 saturated heterocycles. The number of hydroxylamine groups is 2. The molecule has 0 fully saturated rings. The summed E-state index contributed by atoms with van der Waals surface area (Å²) in [6, 6.07) is 0. The minimum atomic E-state index is -0.497. The molecule has 0 amide bonds. The van der Waals surface area contributed by atoms with Gasteiger partial charge in [0.15, 0.2) is 0 Å². The van der Waals surface area contributed by atoms with Crippen molar-refractivity contribution < 1.29 is 15.4 Å². The van der Waals surface area contributed by atoms with Gasteiger partial charge in [-0.1, -0.05) is 78.1 Å². The fraction of sp³-hybridized carbons (Fsp3) is 1.00. The lowest BCUT2D eigenvalue weighted by Gasteiger charge is -2.21. The summed E-state index contributed by atoms with van der Waals surface area (Å²) in [5.41, 5.74) is 0. The third kappa shape index (κ3) is 14.8. The Labute approximate surface area is 137 Å². The first-order chi connectivity index (χ1) is 10.6. The molecule has 0 aliphatic heterocycles. The Morgan fingerprint density at radius 1 is 0.636 bits per heavy atom. The molecule has 2 atom stereocenters. The van der Waals surface area contributed by atoms with Gasteiger partial charge in [0.25, 0.3) is 0 Å². The molecule has 3 N–H and O–H groups in total. The van der Waals surface area contributed by atoms with Crippen LogP contribution in [-0.2, 0) is 0 Å². The van der Waals surface area contributed by atoms with Gasteiger partial charge < -0.3 is 15.4 Å². The summed E-state index contributed by atoms with van der Waals surface area (Å²) < 4.78 is 0. The fourth-order valence-corrected chi connectivity index (χ4v) is 2.71. The summed E-state index contributed by atoms with van der Waals surface area (Å²) in [5.74, 6) is 0. The predicted molar refractivity (Wildman–Crippen MR) is 92.1 cm³/mol. The molecule has 134 valence electrons. The van der Waals surface area contributed by atoms with Gasteiger partial charge in [-0.25, -0.2) is 0 Å². The average molecular weight is 318 g/mol. The SMILES string of the molecule is CCCCCCCC(O)CN(O)CC(O)CCCCCCC. The predicted octanol–water partition coefficient (Wildman–Crippen LogP) is 4.12. The first-order valence-corrected chi connectivity index (χ1v) is 9.40. The highest BCUT2D eigenvalue weighted by atomic mass is 16.5. The molecule has 0 aromatic rings. The van der Waals surface area contributed by atoms with Gasteiger partial charge in [0, 0.05) is 13.1 Å². The zero-order valence-corrected chi connectivity index (χ0v) is 14.8. The van der Waals surface area contributed by atoms with Gasteiger partial charge in [-0.05, 0) is 12.8 Å². The van der Waals surface area contributed by atoms with Crippen molar-refractivity contribution in [2.45, 2.75) is 103 Å². The zero-order valence-electron chi connectivity index (χ0n) is 14.8. The third-order valence-corrected chi connectivity index (χ3v) is 4.12. The molecule has 0 radical (unpaired) electrons. The largest absolute Gasteiger partial charge is 0.392 e. The summed E-state index contributed by atoms with van der Waals surface area (Å²) in [6.07, 6.45) is 12.2. The molecular formula is C18H39NO3. The smallest absolute Gasteiger partial charge is 0.0690 e. The Morgan fingerprint density at radius 3 is 1.36 bits per heavy atom. The van der Waals surface area contributed by atoms with E-state index in [1.54, 1.807) is 0 Å². The quantitative estimate of drug-likeness (QED) is 0.296. The van der Waals surface area contributed by atoms with Crippen LogP contribution in [0.1, 0.15) is 90.9 Å². The van der Waals surface area contributed by atoms with Gasteiger partial charge in [0.1, 0.15) is 0 Å². The minimum Gasteiger partial charge on any atom is -0.392 e. The summed E-state index contributed by atoms with van der Waals surface area (Å²) in [4.78, 5) is 0. The molecule has 2 unspecified atom stereocenters. The maximum atomic E-state index is 9.88. The molecule has 0 aliphatic rings. The molecule has 0 aromatic heterocycles. The van der Waals surface area contributed by atoms with Crippen molar-refractivity contribution in [1.29, 1.82) is 0 Å². The molecule has 0 rings (SSSR count). The molecule has 0 aromatic carbocycles. The first-order valence-electron chi connectivity index (χ1n) is 9.40. The topological polar surface area (TPSA) is 63.9 Å². The molecule has 0 bridgehead atoms. The van der Waals surface area contributed by atoms with Crippen molar-refractivity contribution in [2.24, 2.45) is 0 Å². The van der Waals surface area contributed by atoms with Crippen molar-refractivity contribution in [3.63, 3.8) is 0 Å². The Morgan fingerprint density at radius 2 is 1.00 bits per heavy atom. The van der Waals surface area contributed by atoms with Crippen LogP contribution in [0.2, 0.25) is 0 Å². The molecule has 22 heavy (non-hydrogen) atoms. The van der Waals surface area contributed by atoms with Crippen LogP contribution in [-0.4, -0.2) is 45.8 Å². The average Bonchev–Trinajstić information content (AvgIpc) is 2.46. The highest BCUT2D eigenvalue weighted by Gasteiger charge is 2.13. The van der Waals surface area contributed by atoms with Crippen molar-refractivity contribution in [2.75, 3.05) is 13.1 Å². The van der Waals surface area contributed by atoms with Crippen molar-refractivity contribution in [3.05, 3.63) is 0 Å². The van der Waals surface area contributed by atoms with E-state index in [1.807, 2.05) is 0 Å². The Hall–Kier alpha value is -0.160. The van der Waals surface area contributed by atoms with E-state index in [-0.39, 0.29) is 13.1 Å². The number of unbranched alkanes of at least 4 members (excludes halogenated alkanes) is 8. The van der Waals surface area contributed by atoms with E-state index in [2.05, 4.69) is 13.8 Å². The van der Waals surface area contributed by atoms with Crippen molar-refractivity contribution in [1.82, 2.24) is 5.06 Å². The van der Waals surface area contributed by atoms with Gasteiger partial charge in [0.2, 0.25) is 0 Å². The Kier molecular flexibility index (Phi) is 15.6. The fourth-order valence-electron chi connectivity index (χ4n) is 2.71. The zero-order chi connectivity index (χ0) is 16.6. The van der Waals surface area contributed by atoms with Gasteiger partial charge in [-0.2, -0.15) is 5.06 Å². The summed E-state index contributed by atoms with van der Waals surface area (Å²) in [6.45, 7) is 4.85. The third-order valence-electron chi connectivity index (χ3n) is 4.12. The maximum Gasteiger partial charge on any atom is 0.0690 e. The number of aliphatic hydroxyl groups is 2. The highest BCUT2D eigenvalue weighted by molar-refractivity contribution is 4.64. The second kappa shape index (κ2) is 15.7. The Balaban J connectivity index is 3.54. The van der Waals surface area contributed by atoms with Crippen LogP contribution >= 0.6 is 0 Å². The molecule has 0 spiro atoms. The van der Waals surface area contributed by atoms with Crippen LogP contribution in [0.5, 0.6) is 0 Å². The second-order valence-corrected chi connectivity index (χ2v) is 6.59. The number of hydrogen-bond donors (Lipinski definition) is 3. The molecule has 0 saturated carbocycles. The van der Waals surface area contributed by atoms with Crippen LogP contribution in [0.15, 0.2) is 0 Å². The second-order valence-electron chi connectivity index (χ2n) is 6.59. The molecule has 0 heterocycles. The van der Waals surface area contributed by atoms with Gasteiger partial charge in [0.05, 0.1) is 12.2 Å². The van der Waals surface area contributed by atoms with Crippen molar-refractivity contribution in [3.8, 4) is 0 Å². The Bertz CT molecular complexity index is 204. The number of nitrogens with zero attached hydrogens (tertiary/aromatic N) is 1. The summed E-state index contributed by atoms with van der Waals surface area (Å²) in [7, 11) is 0. The lowest BCUT2D eigenvalue weighted by Crippen LogP contribution is -2.35. The van der Waals surface area contributed by atoms with E-state index in [4.69, 9.17) is 0 Å². The van der Waals surface area contributed by atoms with E-state index in [0.29, 0.717) is 0 Å². The standard InChI is InChI=1S/C18H39NO3/c1-3-5-7-9-11-13-17(20)15-19(22)16-18(21)14-12-10-8-6-4-2/h17-18,20-22H,3-16H2,1-2H3. The monoisotopic (exact) mass is 317 g/mol. The summed E-state index contributed by atoms with van der Waals surface area (Å²) >= 11 is 0. The van der Waals surface area contributed by atoms with E-state index in [1.165, 1.54) is 38.5 Å². The lowest BCUT2D eigenvalue weighted by molar-refractivity contribution is -0.133. The van der Waals surface area contributed by atoms with E-state index in [0.717, 1.165) is 43.6 Å². The van der Waals surface area contributed by atoms with E-state index >= 15 is 0 Å². The van der Waals surface area contributed by atoms with E-state index < -0.39 is 12.2 Å². The molecule has 0 aliphatic carbocycles. The van der Waals surface area contributed by atoms with Gasteiger partial charge in [-0.15, -0.1) is 0 Å². The summed E-state index contributed by atoms with van der Waals surface area (Å²) in [5, 5.41) is 30.6. The normalized spacial score (nSPS) is 14.5. The number of rotatable bonds is 16. The van der Waals surface area contributed by atoms with Crippen LogP contribution in [0, 0.1) is 0 Å². The molecule has 4 nitrogen and oxygen atoms in total. The molecular weight excluding hydrogens is 278 g/mol. The van der Waals surface area contributed by atoms with Crippen LogP contribution in [0.4, 0.5) is 0 Å². The maximum absolute atomic E-state index is 9.88.